The maximum atomic E-state index is 10.8. The third-order valence-electron chi connectivity index (χ3n) is 11.3. The molecular formula is C53H75BrClNO25. The molecule has 0 spiro atoms. The van der Waals surface area contributed by atoms with Crippen LogP contribution in [-0.4, -0.2) is 246 Å². The number of aliphatic hydroxyl groups is 4. The summed E-state index contributed by atoms with van der Waals surface area (Å²) in [4.78, 5) is 39.6. The number of ether oxygens (including phenoxy) is 16. The number of pyridine rings is 1. The maximum Gasteiger partial charge on any atom is 0.508 e. The van der Waals surface area contributed by atoms with Crippen LogP contribution in [-0.2, 0) is 93.9 Å². The average Bonchev–Trinajstić information content (AvgIpc) is 3.97. The Morgan fingerprint density at radius 2 is 0.951 bits per heavy atom. The molecule has 1 aromatic carbocycles. The van der Waals surface area contributed by atoms with Crippen molar-refractivity contribution in [3.05, 3.63) is 102 Å². The smallest absolute Gasteiger partial charge is 0.430 e. The molecule has 12 unspecified atom stereocenters. The number of nitrogens with zero attached hydrogens (tertiary/aromatic N) is 1. The van der Waals surface area contributed by atoms with Gasteiger partial charge in [-0.05, 0) is 30.3 Å². The molecule has 8 aliphatic rings. The zero-order chi connectivity index (χ0) is 58.6. The number of aliphatic hydroxyl groups excluding tert-OH is 4. The van der Waals surface area contributed by atoms with Crippen LogP contribution >= 0.6 is 27.5 Å². The third-order valence-corrected chi connectivity index (χ3v) is 12.0. The van der Waals surface area contributed by atoms with Crippen LogP contribution in [0.1, 0.15) is 21.7 Å². The van der Waals surface area contributed by atoms with Crippen molar-refractivity contribution < 1.29 is 121 Å². The van der Waals surface area contributed by atoms with Crippen molar-refractivity contribution in [3.8, 4) is 0 Å². The molecule has 2 aromatic rings. The molecule has 12 atom stereocenters. The van der Waals surface area contributed by atoms with Crippen LogP contribution in [0.4, 0.5) is 9.59 Å². The second-order valence-corrected chi connectivity index (χ2v) is 19.0. The Kier molecular flexibility index (Phi) is 34.9. The molecule has 0 bridgehead atoms. The van der Waals surface area contributed by atoms with E-state index in [0.29, 0.717) is 94.7 Å². The molecule has 1 aromatic heterocycles. The lowest BCUT2D eigenvalue weighted by molar-refractivity contribution is -0.182. The van der Waals surface area contributed by atoms with E-state index in [2.05, 4.69) is 59.7 Å². The van der Waals surface area contributed by atoms with Gasteiger partial charge in [0.1, 0.15) is 74.3 Å². The highest BCUT2D eigenvalue weighted by Crippen LogP contribution is 2.21. The van der Waals surface area contributed by atoms with Crippen LogP contribution in [0.25, 0.3) is 0 Å². The van der Waals surface area contributed by atoms with Gasteiger partial charge < -0.3 is 96.2 Å². The Labute approximate surface area is 482 Å². The van der Waals surface area contributed by atoms with Gasteiger partial charge in [0.05, 0.1) is 136 Å². The predicted octanol–water partition coefficient (Wildman–Crippen LogP) is 2.94. The third kappa shape index (κ3) is 29.2. The number of cyclic esters (lactones) is 4. The number of carbonyl (C=O) groups is 3. The van der Waals surface area contributed by atoms with Gasteiger partial charge in [0.25, 0.3) is 0 Å². The second kappa shape index (κ2) is 40.8. The SMILES string of the molecule is C1OC1COC1COCC1OCC1CO1.C=CCBr.C=CCOC1COCC1OCC=C.O=C(OO)c1cccc(Cl)c1.O=C1OCC(COC2COCC2OCC2COC(=O)O2)O1.OC1COCC1O.OCc1cccc(CO)n1. The summed E-state index contributed by atoms with van der Waals surface area (Å²) in [6, 6.07) is 11.3. The fraction of sp³-hybridized carbons (Fsp3) is 0.623. The zero-order valence-electron chi connectivity index (χ0n) is 44.8. The van der Waals surface area contributed by atoms with Crippen molar-refractivity contribution in [2.24, 2.45) is 0 Å². The van der Waals surface area contributed by atoms with Gasteiger partial charge in [-0.1, -0.05) is 57.9 Å². The molecule has 26 nitrogen and oxygen atoms in total. The number of allylic oxidation sites excluding steroid dienone is 1. The van der Waals surface area contributed by atoms with Crippen molar-refractivity contribution in [2.75, 3.05) is 124 Å². The van der Waals surface area contributed by atoms with E-state index < -0.39 is 42.7 Å². The first-order valence-corrected chi connectivity index (χ1v) is 27.3. The first-order chi connectivity index (χ1) is 39.3. The Bertz CT molecular complexity index is 2010. The lowest BCUT2D eigenvalue weighted by atomic mass is 10.2. The van der Waals surface area contributed by atoms with Gasteiger partial charge in [0.2, 0.25) is 0 Å². The fourth-order valence-corrected chi connectivity index (χ4v) is 7.10. The molecular weight excluding hydrogens is 1170 g/mol. The van der Waals surface area contributed by atoms with Crippen LogP contribution < -0.4 is 0 Å². The van der Waals surface area contributed by atoms with Crippen LogP contribution in [0, 0.1) is 0 Å². The van der Waals surface area contributed by atoms with Crippen LogP contribution in [0.15, 0.2) is 80.4 Å². The highest BCUT2D eigenvalue weighted by molar-refractivity contribution is 9.09. The van der Waals surface area contributed by atoms with E-state index in [1.807, 2.05) is 0 Å². The highest BCUT2D eigenvalue weighted by atomic mass is 79.9. The van der Waals surface area contributed by atoms with Crippen molar-refractivity contribution >= 4 is 45.8 Å². The van der Waals surface area contributed by atoms with Crippen molar-refractivity contribution in [2.45, 2.75) is 86.5 Å². The minimum Gasteiger partial charge on any atom is -0.430 e. The van der Waals surface area contributed by atoms with E-state index in [1.165, 1.54) is 12.1 Å². The number of epoxide rings is 2. The van der Waals surface area contributed by atoms with Crippen molar-refractivity contribution in [3.63, 3.8) is 0 Å². The largest absolute Gasteiger partial charge is 0.508 e. The summed E-state index contributed by atoms with van der Waals surface area (Å²) in [5, 5.41) is 43.8. The van der Waals surface area contributed by atoms with Gasteiger partial charge in [0.15, 0.2) is 12.2 Å². The molecule has 0 radical (unpaired) electrons. The topological polar surface area (TPSA) is 329 Å². The Morgan fingerprint density at radius 1 is 0.580 bits per heavy atom. The van der Waals surface area contributed by atoms with Crippen LogP contribution in [0.3, 0.4) is 0 Å². The standard InChI is InChI=1S/C12H16O9.C10H16O5.C10H16O3.C7H5ClO3.C7H9NO2.C4H8O3.C3H5Br/c13-11-18-3-7(20-11)1-16-9-5-15-6-10(9)17-2-8-4-19-12(14)21-8;1-7(12-1)3-14-9-5-11-6-10(9)15-4-8-2-13-8;1-3-5-12-9-7-11-8-10(9)13-6-4-2;8-6-3-1-2-5(4-6)7(9)11-10;9-4-6-2-1-3-7(5-10)8-6;5-3-1-7-2-4(3)6;1-2-3-4/h7-10H,1-6H2;7-10H,1-6H2;3-4,9-10H,1-2,5-8H2;1-4,10H;1-3,9-10H,4-5H2;3-6H,1-2H2;2H,1,3H2. The Morgan fingerprint density at radius 3 is 1.25 bits per heavy atom. The molecule has 0 aliphatic carbocycles. The number of carbonyl (C=O) groups excluding carboxylic acids is 3. The second-order valence-electron chi connectivity index (χ2n) is 17.9. The summed E-state index contributed by atoms with van der Waals surface area (Å²) in [6.07, 6.45) is 2.07. The Hall–Kier alpha value is -4.31. The van der Waals surface area contributed by atoms with Crippen LogP contribution in [0.2, 0.25) is 5.02 Å². The summed E-state index contributed by atoms with van der Waals surface area (Å²) in [5.74, 6) is -0.813. The van der Waals surface area contributed by atoms with E-state index in [1.54, 1.807) is 48.6 Å². The average molecular weight is 1240 g/mol. The Balaban J connectivity index is 0.000000212. The minimum atomic E-state index is -0.813. The van der Waals surface area contributed by atoms with Crippen LogP contribution in [0.5, 0.6) is 0 Å². The normalized spacial score (nSPS) is 27.9. The first-order valence-electron chi connectivity index (χ1n) is 25.8. The molecule has 81 heavy (non-hydrogen) atoms. The summed E-state index contributed by atoms with van der Waals surface area (Å²) < 4.78 is 83.4. The molecule has 5 N–H and O–H groups in total. The van der Waals surface area contributed by atoms with Gasteiger partial charge >= 0.3 is 18.3 Å². The summed E-state index contributed by atoms with van der Waals surface area (Å²) in [7, 11) is 0. The number of benzene rings is 1. The van der Waals surface area contributed by atoms with Gasteiger partial charge in [-0.15, -0.1) is 19.7 Å². The van der Waals surface area contributed by atoms with E-state index in [0.717, 1.165) is 18.5 Å². The van der Waals surface area contributed by atoms with E-state index in [-0.39, 0.29) is 95.0 Å². The van der Waals surface area contributed by atoms with Crippen molar-refractivity contribution in [1.82, 2.24) is 4.98 Å². The molecule has 8 saturated heterocycles. The molecule has 10 rings (SSSR count). The molecule has 8 aliphatic heterocycles. The van der Waals surface area contributed by atoms with E-state index >= 15 is 0 Å². The first kappa shape index (κ1) is 69.2. The van der Waals surface area contributed by atoms with Crippen molar-refractivity contribution in [1.29, 1.82) is 0 Å². The zero-order valence-corrected chi connectivity index (χ0v) is 47.1. The predicted molar refractivity (Wildman–Crippen MR) is 286 cm³/mol. The summed E-state index contributed by atoms with van der Waals surface area (Å²) >= 11 is 8.69. The van der Waals surface area contributed by atoms with E-state index in [9.17, 15) is 14.4 Å². The molecule has 9 heterocycles. The number of halogens is 2. The lowest BCUT2D eigenvalue weighted by Gasteiger charge is -2.20. The maximum absolute atomic E-state index is 10.8. The summed E-state index contributed by atoms with van der Waals surface area (Å²) in [5.41, 5.74) is 1.40. The molecule has 28 heteroatoms. The molecule has 0 amide bonds. The number of rotatable bonds is 22. The lowest BCUT2D eigenvalue weighted by Crippen LogP contribution is -2.35. The minimum absolute atomic E-state index is 0.0398. The van der Waals surface area contributed by atoms with Gasteiger partial charge in [-0.2, -0.15) is 5.26 Å². The molecule has 0 saturated carbocycles. The highest BCUT2D eigenvalue weighted by Gasteiger charge is 2.37. The molecule has 456 valence electrons. The number of alkyl halides is 1. The summed E-state index contributed by atoms with van der Waals surface area (Å²) in [6.45, 7) is 19.2. The monoisotopic (exact) mass is 1240 g/mol. The van der Waals surface area contributed by atoms with E-state index in [4.69, 9.17) is 98.9 Å². The van der Waals surface area contributed by atoms with Gasteiger partial charge in [0, 0.05) is 10.4 Å². The van der Waals surface area contributed by atoms with Gasteiger partial charge in [-0.25, -0.2) is 14.4 Å². The number of aromatic nitrogens is 1. The van der Waals surface area contributed by atoms with Gasteiger partial charge in [-0.3, -0.25) is 9.87 Å². The quantitative estimate of drug-likeness (QED) is 0.0215. The number of hydrogen-bond donors (Lipinski definition) is 5. The molecule has 8 fully saturated rings. The number of hydrogen-bond acceptors (Lipinski definition) is 26. The fourth-order valence-electron chi connectivity index (χ4n) is 6.91.